The van der Waals surface area contributed by atoms with Gasteiger partial charge in [0.05, 0.1) is 12.1 Å². The molecule has 0 unspecified atom stereocenters. The van der Waals surface area contributed by atoms with E-state index in [1.807, 2.05) is 66.6 Å². The monoisotopic (exact) mass is 362 g/mol. The Morgan fingerprint density at radius 2 is 1.63 bits per heavy atom. The summed E-state index contributed by atoms with van der Waals surface area (Å²) < 4.78 is 1.71. The van der Waals surface area contributed by atoms with Gasteiger partial charge in [-0.1, -0.05) is 30.3 Å². The lowest BCUT2D eigenvalue weighted by Gasteiger charge is -2.35. The average molecular weight is 362 g/mol. The van der Waals surface area contributed by atoms with Crippen LogP contribution in [0.1, 0.15) is 11.3 Å². The molecule has 0 N–H and O–H groups in total. The summed E-state index contributed by atoms with van der Waals surface area (Å²) in [5.41, 5.74) is 2.00. The first-order valence-electron chi connectivity index (χ1n) is 9.12. The van der Waals surface area contributed by atoms with Crippen molar-refractivity contribution >= 4 is 11.7 Å². The van der Waals surface area contributed by atoms with E-state index in [0.717, 1.165) is 30.2 Å². The first-order valence-corrected chi connectivity index (χ1v) is 9.12. The van der Waals surface area contributed by atoms with Crippen LogP contribution in [-0.4, -0.2) is 57.0 Å². The molecule has 0 aliphatic carbocycles. The van der Waals surface area contributed by atoms with Gasteiger partial charge in [-0.2, -0.15) is 5.10 Å². The summed E-state index contributed by atoms with van der Waals surface area (Å²) in [6.45, 7) is 4.86. The van der Waals surface area contributed by atoms with Crippen LogP contribution in [0.2, 0.25) is 0 Å². The number of hydrogen-bond acceptors (Lipinski definition) is 5. The molecule has 1 aliphatic heterocycles. The third-order valence-electron chi connectivity index (χ3n) is 4.75. The van der Waals surface area contributed by atoms with Crippen molar-refractivity contribution in [2.45, 2.75) is 13.3 Å². The Morgan fingerprint density at radius 1 is 0.926 bits per heavy atom. The fourth-order valence-electron chi connectivity index (χ4n) is 3.22. The smallest absolute Gasteiger partial charge is 0.227 e. The molecule has 1 amide bonds. The lowest BCUT2D eigenvalue weighted by Crippen LogP contribution is -2.49. The molecule has 2 aromatic heterocycles. The summed E-state index contributed by atoms with van der Waals surface area (Å²) in [6, 6.07) is 15.7. The minimum atomic E-state index is 0.177. The first-order chi connectivity index (χ1) is 13.2. The van der Waals surface area contributed by atoms with Crippen molar-refractivity contribution in [3.05, 3.63) is 66.0 Å². The minimum absolute atomic E-state index is 0.177. The largest absolute Gasteiger partial charge is 0.352 e. The Kier molecular flexibility index (Phi) is 4.82. The van der Waals surface area contributed by atoms with Gasteiger partial charge >= 0.3 is 0 Å². The Labute approximate surface area is 158 Å². The van der Waals surface area contributed by atoms with Gasteiger partial charge in [-0.25, -0.2) is 4.68 Å². The van der Waals surface area contributed by atoms with Crippen LogP contribution in [0.3, 0.4) is 0 Å². The number of nitrogens with zero attached hydrogens (tertiary/aromatic N) is 6. The van der Waals surface area contributed by atoms with Crippen LogP contribution >= 0.6 is 0 Å². The maximum atomic E-state index is 12.5. The van der Waals surface area contributed by atoms with Gasteiger partial charge in [-0.05, 0) is 30.7 Å². The van der Waals surface area contributed by atoms with E-state index in [9.17, 15) is 4.79 Å². The third kappa shape index (κ3) is 3.97. The van der Waals surface area contributed by atoms with Crippen molar-refractivity contribution < 1.29 is 4.79 Å². The van der Waals surface area contributed by atoms with Gasteiger partial charge in [-0.3, -0.25) is 4.79 Å². The molecule has 7 nitrogen and oxygen atoms in total. The molecule has 3 heterocycles. The summed E-state index contributed by atoms with van der Waals surface area (Å²) in [5, 5.41) is 13.0. The molecule has 3 aromatic rings. The SMILES string of the molecule is Cc1ccn(-c2ccc(N3CCN(C(=O)Cc4ccccc4)CC3)nn2)n1. The molecular formula is C20H22N6O. The van der Waals surface area contributed by atoms with Gasteiger partial charge in [0, 0.05) is 32.4 Å². The molecule has 1 aromatic carbocycles. The minimum Gasteiger partial charge on any atom is -0.352 e. The first kappa shape index (κ1) is 17.2. The van der Waals surface area contributed by atoms with Gasteiger partial charge in [0.25, 0.3) is 0 Å². The van der Waals surface area contributed by atoms with Crippen molar-refractivity contribution in [3.8, 4) is 5.82 Å². The number of amides is 1. The molecule has 4 rings (SSSR count). The van der Waals surface area contributed by atoms with Gasteiger partial charge in [0.15, 0.2) is 11.6 Å². The standard InChI is InChI=1S/C20H22N6O/c1-16-9-10-26(23-16)19-8-7-18(21-22-19)24-11-13-25(14-12-24)20(27)15-17-5-3-2-4-6-17/h2-10H,11-15H2,1H3. The summed E-state index contributed by atoms with van der Waals surface area (Å²) in [7, 11) is 0. The number of piperazine rings is 1. The van der Waals surface area contributed by atoms with Crippen LogP contribution in [0.15, 0.2) is 54.7 Å². The van der Waals surface area contributed by atoms with E-state index < -0.39 is 0 Å². The highest BCUT2D eigenvalue weighted by Crippen LogP contribution is 2.15. The zero-order chi connectivity index (χ0) is 18.6. The highest BCUT2D eigenvalue weighted by molar-refractivity contribution is 5.79. The van der Waals surface area contributed by atoms with Gasteiger partial charge < -0.3 is 9.80 Å². The molecule has 138 valence electrons. The highest BCUT2D eigenvalue weighted by Gasteiger charge is 2.22. The van der Waals surface area contributed by atoms with E-state index >= 15 is 0 Å². The summed E-state index contributed by atoms with van der Waals surface area (Å²) >= 11 is 0. The van der Waals surface area contributed by atoms with Crippen LogP contribution in [0.4, 0.5) is 5.82 Å². The number of carbonyl (C=O) groups excluding carboxylic acids is 1. The molecule has 1 aliphatic rings. The quantitative estimate of drug-likeness (QED) is 0.709. The molecule has 0 radical (unpaired) electrons. The second-order valence-electron chi connectivity index (χ2n) is 6.68. The van der Waals surface area contributed by atoms with Gasteiger partial charge in [0.2, 0.25) is 5.91 Å². The molecule has 27 heavy (non-hydrogen) atoms. The van der Waals surface area contributed by atoms with Crippen molar-refractivity contribution in [2.75, 3.05) is 31.1 Å². The lowest BCUT2D eigenvalue weighted by molar-refractivity contribution is -0.130. The number of benzene rings is 1. The van der Waals surface area contributed by atoms with E-state index in [4.69, 9.17) is 0 Å². The van der Waals surface area contributed by atoms with E-state index in [1.165, 1.54) is 0 Å². The maximum Gasteiger partial charge on any atom is 0.227 e. The van der Waals surface area contributed by atoms with E-state index in [-0.39, 0.29) is 5.91 Å². The van der Waals surface area contributed by atoms with E-state index in [1.54, 1.807) is 4.68 Å². The van der Waals surface area contributed by atoms with Gasteiger partial charge in [-0.15, -0.1) is 10.2 Å². The van der Waals surface area contributed by atoms with E-state index in [0.29, 0.717) is 25.3 Å². The fourth-order valence-corrected chi connectivity index (χ4v) is 3.22. The lowest BCUT2D eigenvalue weighted by atomic mass is 10.1. The predicted molar refractivity (Wildman–Crippen MR) is 103 cm³/mol. The fraction of sp³-hybridized carbons (Fsp3) is 0.300. The molecule has 0 saturated carbocycles. The van der Waals surface area contributed by atoms with Crippen molar-refractivity contribution in [1.82, 2.24) is 24.9 Å². The number of anilines is 1. The number of carbonyl (C=O) groups is 1. The molecule has 0 atom stereocenters. The van der Waals surface area contributed by atoms with E-state index in [2.05, 4.69) is 20.2 Å². The zero-order valence-corrected chi connectivity index (χ0v) is 15.3. The Balaban J connectivity index is 1.34. The second kappa shape index (κ2) is 7.57. The molecule has 7 heteroatoms. The third-order valence-corrected chi connectivity index (χ3v) is 4.75. The topological polar surface area (TPSA) is 67.2 Å². The molecule has 1 fully saturated rings. The number of hydrogen-bond donors (Lipinski definition) is 0. The maximum absolute atomic E-state index is 12.5. The molecule has 0 spiro atoms. The van der Waals surface area contributed by atoms with Crippen LogP contribution in [0.25, 0.3) is 5.82 Å². The number of aryl methyl sites for hydroxylation is 1. The van der Waals surface area contributed by atoms with Crippen molar-refractivity contribution in [2.24, 2.45) is 0 Å². The Morgan fingerprint density at radius 3 is 2.26 bits per heavy atom. The molecule has 1 saturated heterocycles. The number of rotatable bonds is 4. The second-order valence-corrected chi connectivity index (χ2v) is 6.68. The highest BCUT2D eigenvalue weighted by atomic mass is 16.2. The summed E-state index contributed by atoms with van der Waals surface area (Å²) in [6.07, 6.45) is 2.33. The predicted octanol–water partition coefficient (Wildman–Crippen LogP) is 1.86. The Hall–Kier alpha value is -3.22. The molecular weight excluding hydrogens is 340 g/mol. The van der Waals surface area contributed by atoms with Crippen LogP contribution in [0, 0.1) is 6.92 Å². The Bertz CT molecular complexity index is 898. The normalized spacial score (nSPS) is 14.4. The summed E-state index contributed by atoms with van der Waals surface area (Å²) in [5.74, 6) is 1.71. The van der Waals surface area contributed by atoms with Crippen molar-refractivity contribution in [3.63, 3.8) is 0 Å². The number of aromatic nitrogens is 4. The van der Waals surface area contributed by atoms with Gasteiger partial charge in [0.1, 0.15) is 0 Å². The molecule has 0 bridgehead atoms. The zero-order valence-electron chi connectivity index (χ0n) is 15.3. The average Bonchev–Trinajstić information content (AvgIpc) is 3.15. The van der Waals surface area contributed by atoms with Crippen LogP contribution < -0.4 is 4.90 Å². The van der Waals surface area contributed by atoms with Crippen LogP contribution in [-0.2, 0) is 11.2 Å². The van der Waals surface area contributed by atoms with Crippen LogP contribution in [0.5, 0.6) is 0 Å². The van der Waals surface area contributed by atoms with Crippen molar-refractivity contribution in [1.29, 1.82) is 0 Å². The summed E-state index contributed by atoms with van der Waals surface area (Å²) in [4.78, 5) is 16.6.